The van der Waals surface area contributed by atoms with E-state index in [1.807, 2.05) is 0 Å². The average molecular weight is 274 g/mol. The van der Waals surface area contributed by atoms with Gasteiger partial charge in [-0.15, -0.1) is 0 Å². The molecular weight excluding hydrogens is 253 g/mol. The Morgan fingerprint density at radius 3 is 2.78 bits per heavy atom. The van der Waals surface area contributed by atoms with E-state index in [2.05, 4.69) is 19.2 Å². The fourth-order valence-corrected chi connectivity index (χ4v) is 1.74. The summed E-state index contributed by atoms with van der Waals surface area (Å²) in [5, 5.41) is 3.70. The van der Waals surface area contributed by atoms with Gasteiger partial charge in [-0.05, 0) is 50.0 Å². The second-order valence-electron chi connectivity index (χ2n) is 4.73. The molecule has 1 N–H and O–H groups in total. The fraction of sp³-hybridized carbons (Fsp3) is 0.571. The molecule has 0 amide bonds. The highest BCUT2D eigenvalue weighted by atomic mass is 35.5. The first-order valence-corrected chi connectivity index (χ1v) is 6.76. The molecule has 0 bridgehead atoms. The topological polar surface area (TPSA) is 21.3 Å². The Balaban J connectivity index is 2.11. The van der Waals surface area contributed by atoms with Gasteiger partial charge in [0.05, 0.1) is 11.6 Å². The largest absolute Gasteiger partial charge is 0.492 e. The zero-order chi connectivity index (χ0) is 13.4. The Morgan fingerprint density at radius 2 is 2.11 bits per heavy atom. The van der Waals surface area contributed by atoms with Crippen molar-refractivity contribution < 1.29 is 9.13 Å². The quantitative estimate of drug-likeness (QED) is 0.726. The molecule has 0 unspecified atom stereocenters. The minimum Gasteiger partial charge on any atom is -0.492 e. The highest BCUT2D eigenvalue weighted by molar-refractivity contribution is 6.32. The van der Waals surface area contributed by atoms with Crippen molar-refractivity contribution >= 4 is 11.6 Å². The summed E-state index contributed by atoms with van der Waals surface area (Å²) in [6, 6.07) is 4.18. The molecule has 0 heterocycles. The summed E-state index contributed by atoms with van der Waals surface area (Å²) in [6.07, 6.45) is 2.02. The Labute approximate surface area is 113 Å². The summed E-state index contributed by atoms with van der Waals surface area (Å²) < 4.78 is 18.3. The maximum Gasteiger partial charge on any atom is 0.138 e. The Kier molecular flexibility index (Phi) is 7.06. The van der Waals surface area contributed by atoms with E-state index >= 15 is 0 Å². The summed E-state index contributed by atoms with van der Waals surface area (Å²) in [4.78, 5) is 0. The summed E-state index contributed by atoms with van der Waals surface area (Å²) >= 11 is 5.85. The van der Waals surface area contributed by atoms with Gasteiger partial charge in [-0.1, -0.05) is 25.4 Å². The summed E-state index contributed by atoms with van der Waals surface area (Å²) in [5.41, 5.74) is 0. The van der Waals surface area contributed by atoms with Gasteiger partial charge >= 0.3 is 0 Å². The molecule has 0 spiro atoms. The third kappa shape index (κ3) is 6.22. The number of hydrogen-bond acceptors (Lipinski definition) is 2. The van der Waals surface area contributed by atoms with E-state index in [0.717, 1.165) is 25.9 Å². The van der Waals surface area contributed by atoms with E-state index in [0.29, 0.717) is 23.3 Å². The van der Waals surface area contributed by atoms with E-state index in [9.17, 15) is 4.39 Å². The van der Waals surface area contributed by atoms with Gasteiger partial charge < -0.3 is 10.1 Å². The van der Waals surface area contributed by atoms with Crippen LogP contribution in [0, 0.1) is 11.7 Å². The second-order valence-corrected chi connectivity index (χ2v) is 5.14. The van der Waals surface area contributed by atoms with Gasteiger partial charge in [-0.3, -0.25) is 0 Å². The molecule has 2 nitrogen and oxygen atoms in total. The van der Waals surface area contributed by atoms with Gasteiger partial charge in [-0.25, -0.2) is 4.39 Å². The van der Waals surface area contributed by atoms with Crippen LogP contribution >= 0.6 is 11.6 Å². The highest BCUT2D eigenvalue weighted by Crippen LogP contribution is 2.24. The van der Waals surface area contributed by atoms with Crippen molar-refractivity contribution in [3.63, 3.8) is 0 Å². The van der Waals surface area contributed by atoms with Crippen LogP contribution in [0.4, 0.5) is 4.39 Å². The van der Waals surface area contributed by atoms with E-state index < -0.39 is 0 Å². The first-order valence-electron chi connectivity index (χ1n) is 6.38. The van der Waals surface area contributed by atoms with Crippen LogP contribution in [0.5, 0.6) is 5.75 Å². The minimum absolute atomic E-state index is 0.327. The summed E-state index contributed by atoms with van der Waals surface area (Å²) in [6.45, 7) is 7.03. The predicted molar refractivity (Wildman–Crippen MR) is 73.8 cm³/mol. The molecule has 0 aliphatic rings. The predicted octanol–water partition coefficient (Wildman–Crippen LogP) is 3.88. The Morgan fingerprint density at radius 1 is 1.33 bits per heavy atom. The van der Waals surface area contributed by atoms with Crippen molar-refractivity contribution in [2.24, 2.45) is 5.92 Å². The zero-order valence-electron chi connectivity index (χ0n) is 11.0. The van der Waals surface area contributed by atoms with Crippen LogP contribution in [-0.2, 0) is 0 Å². The number of hydrogen-bond donors (Lipinski definition) is 1. The molecule has 1 aromatic rings. The normalized spacial score (nSPS) is 10.9. The lowest BCUT2D eigenvalue weighted by Gasteiger charge is -2.09. The van der Waals surface area contributed by atoms with Crippen molar-refractivity contribution in [2.45, 2.75) is 26.7 Å². The molecule has 1 rings (SSSR count). The maximum atomic E-state index is 12.8. The standard InChI is InChI=1S/C14H21ClFNO/c1-11(2)10-17-7-3-4-8-18-14-6-5-12(16)9-13(14)15/h5-6,9,11,17H,3-4,7-8,10H2,1-2H3. The molecule has 0 radical (unpaired) electrons. The smallest absolute Gasteiger partial charge is 0.138 e. The minimum atomic E-state index is -0.342. The van der Waals surface area contributed by atoms with Crippen LogP contribution in [0.2, 0.25) is 5.02 Å². The monoisotopic (exact) mass is 273 g/mol. The SMILES string of the molecule is CC(C)CNCCCCOc1ccc(F)cc1Cl. The first kappa shape index (κ1) is 15.3. The van der Waals surface area contributed by atoms with Crippen molar-refractivity contribution in [2.75, 3.05) is 19.7 Å². The Bertz CT molecular complexity index is 358. The zero-order valence-corrected chi connectivity index (χ0v) is 11.8. The molecule has 0 aromatic heterocycles. The Hall–Kier alpha value is -0.800. The van der Waals surface area contributed by atoms with Gasteiger partial charge in [-0.2, -0.15) is 0 Å². The molecular formula is C14H21ClFNO. The summed E-state index contributed by atoms with van der Waals surface area (Å²) in [7, 11) is 0. The number of halogens is 2. The van der Waals surface area contributed by atoms with Gasteiger partial charge in [0.15, 0.2) is 0 Å². The van der Waals surface area contributed by atoms with E-state index in [1.54, 1.807) is 6.07 Å². The lowest BCUT2D eigenvalue weighted by molar-refractivity contribution is 0.305. The van der Waals surface area contributed by atoms with Crippen molar-refractivity contribution in [1.29, 1.82) is 0 Å². The van der Waals surface area contributed by atoms with Crippen molar-refractivity contribution in [3.05, 3.63) is 29.0 Å². The lowest BCUT2D eigenvalue weighted by atomic mass is 10.2. The molecule has 0 saturated heterocycles. The summed E-state index contributed by atoms with van der Waals surface area (Å²) in [5.74, 6) is 0.887. The maximum absolute atomic E-state index is 12.8. The van der Waals surface area contributed by atoms with E-state index in [-0.39, 0.29) is 5.82 Å². The van der Waals surface area contributed by atoms with Gasteiger partial charge in [0.2, 0.25) is 0 Å². The molecule has 0 saturated carbocycles. The molecule has 1 aromatic carbocycles. The number of ether oxygens (including phenoxy) is 1. The number of nitrogens with one attached hydrogen (secondary N) is 1. The number of rotatable bonds is 8. The van der Waals surface area contributed by atoms with Gasteiger partial charge in [0.25, 0.3) is 0 Å². The van der Waals surface area contributed by atoms with Crippen LogP contribution in [0.15, 0.2) is 18.2 Å². The first-order chi connectivity index (χ1) is 8.59. The van der Waals surface area contributed by atoms with Crippen LogP contribution in [0.25, 0.3) is 0 Å². The third-order valence-electron chi connectivity index (χ3n) is 2.45. The fourth-order valence-electron chi connectivity index (χ4n) is 1.52. The van der Waals surface area contributed by atoms with Gasteiger partial charge in [0.1, 0.15) is 11.6 Å². The van der Waals surface area contributed by atoms with Crippen molar-refractivity contribution in [1.82, 2.24) is 5.32 Å². The molecule has 4 heteroatoms. The lowest BCUT2D eigenvalue weighted by Crippen LogP contribution is -2.21. The van der Waals surface area contributed by atoms with Crippen LogP contribution in [0.3, 0.4) is 0 Å². The number of benzene rings is 1. The molecule has 0 aliphatic carbocycles. The highest BCUT2D eigenvalue weighted by Gasteiger charge is 2.02. The van der Waals surface area contributed by atoms with Crippen LogP contribution < -0.4 is 10.1 Å². The van der Waals surface area contributed by atoms with E-state index in [1.165, 1.54) is 12.1 Å². The molecule has 18 heavy (non-hydrogen) atoms. The van der Waals surface area contributed by atoms with E-state index in [4.69, 9.17) is 16.3 Å². The molecule has 0 aliphatic heterocycles. The van der Waals surface area contributed by atoms with Crippen molar-refractivity contribution in [3.8, 4) is 5.75 Å². The van der Waals surface area contributed by atoms with Crippen LogP contribution in [0.1, 0.15) is 26.7 Å². The van der Waals surface area contributed by atoms with Crippen LogP contribution in [-0.4, -0.2) is 19.7 Å². The number of unbranched alkanes of at least 4 members (excludes halogenated alkanes) is 1. The molecule has 102 valence electrons. The second kappa shape index (κ2) is 8.33. The molecule has 0 atom stereocenters. The molecule has 0 fully saturated rings. The van der Waals surface area contributed by atoms with Gasteiger partial charge in [0, 0.05) is 0 Å². The third-order valence-corrected chi connectivity index (χ3v) is 2.75. The average Bonchev–Trinajstić information content (AvgIpc) is 2.30.